The summed E-state index contributed by atoms with van der Waals surface area (Å²) in [6.45, 7) is 4.15. The van der Waals surface area contributed by atoms with E-state index in [0.29, 0.717) is 17.1 Å². The van der Waals surface area contributed by atoms with Crippen LogP contribution in [0.2, 0.25) is 0 Å². The lowest BCUT2D eigenvalue weighted by Crippen LogP contribution is -2.24. The summed E-state index contributed by atoms with van der Waals surface area (Å²) in [5.41, 5.74) is 1.96. The van der Waals surface area contributed by atoms with E-state index in [9.17, 15) is 10.2 Å². The smallest absolute Gasteiger partial charge is 0.169 e. The first kappa shape index (κ1) is 11.8. The van der Waals surface area contributed by atoms with Gasteiger partial charge in [-0.05, 0) is 19.4 Å². The zero-order valence-electron chi connectivity index (χ0n) is 9.75. The van der Waals surface area contributed by atoms with Gasteiger partial charge >= 0.3 is 0 Å². The molecule has 6 heteroatoms. The van der Waals surface area contributed by atoms with Gasteiger partial charge in [0, 0.05) is 13.1 Å². The molecule has 0 aliphatic carbocycles. The third-order valence-electron chi connectivity index (χ3n) is 3.11. The maximum absolute atomic E-state index is 9.49. The molecule has 0 amide bonds. The minimum atomic E-state index is -0.801. The average Bonchev–Trinajstić information content (AvgIpc) is 2.62. The van der Waals surface area contributed by atoms with Gasteiger partial charge in [0.15, 0.2) is 5.82 Å². The van der Waals surface area contributed by atoms with Crippen molar-refractivity contribution in [3.05, 3.63) is 16.8 Å². The lowest BCUT2D eigenvalue weighted by molar-refractivity contribution is 0.0572. The molecular formula is C11H14N4O2. The first-order chi connectivity index (χ1) is 8.04. The summed E-state index contributed by atoms with van der Waals surface area (Å²) in [5, 5.41) is 36.1. The van der Waals surface area contributed by atoms with Crippen LogP contribution in [0.3, 0.4) is 0 Å². The van der Waals surface area contributed by atoms with E-state index in [1.807, 2.05) is 6.92 Å². The van der Waals surface area contributed by atoms with Crippen molar-refractivity contribution in [2.24, 2.45) is 0 Å². The highest BCUT2D eigenvalue weighted by Gasteiger charge is 2.32. The molecule has 1 aliphatic heterocycles. The summed E-state index contributed by atoms with van der Waals surface area (Å²) in [7, 11) is 0. The average molecular weight is 234 g/mol. The first-order valence-electron chi connectivity index (χ1n) is 5.39. The van der Waals surface area contributed by atoms with E-state index in [4.69, 9.17) is 5.26 Å². The van der Waals surface area contributed by atoms with Gasteiger partial charge in [0.25, 0.3) is 0 Å². The number of aliphatic hydroxyl groups is 2. The van der Waals surface area contributed by atoms with E-state index < -0.39 is 12.2 Å². The third kappa shape index (κ3) is 1.95. The molecule has 6 nitrogen and oxygen atoms in total. The van der Waals surface area contributed by atoms with E-state index in [0.717, 1.165) is 5.56 Å². The normalized spacial score (nSPS) is 23.8. The standard InChI is InChI=1S/C11H14N4O2/c1-6-7(2)13-14-11(8(6)3-12)15-4-9(16)10(17)5-15/h9-10,16-17H,4-5H2,1-2H3. The summed E-state index contributed by atoms with van der Waals surface area (Å²) in [5.74, 6) is 0.436. The van der Waals surface area contributed by atoms with Gasteiger partial charge in [-0.25, -0.2) is 0 Å². The van der Waals surface area contributed by atoms with Crippen molar-refractivity contribution in [1.82, 2.24) is 10.2 Å². The summed E-state index contributed by atoms with van der Waals surface area (Å²) < 4.78 is 0. The van der Waals surface area contributed by atoms with E-state index >= 15 is 0 Å². The fraction of sp³-hybridized carbons (Fsp3) is 0.545. The van der Waals surface area contributed by atoms with Crippen LogP contribution in [0, 0.1) is 25.2 Å². The Hall–Kier alpha value is -1.71. The number of aromatic nitrogens is 2. The second-order valence-electron chi connectivity index (χ2n) is 4.26. The van der Waals surface area contributed by atoms with Crippen molar-refractivity contribution < 1.29 is 10.2 Å². The van der Waals surface area contributed by atoms with Gasteiger partial charge in [-0.2, -0.15) is 10.4 Å². The number of β-amino-alcohol motifs (C(OH)–C–C–N with tert-alkyl or cyclic N) is 2. The Morgan fingerprint density at radius 1 is 1.24 bits per heavy atom. The first-order valence-corrected chi connectivity index (χ1v) is 5.39. The number of nitrogens with zero attached hydrogens (tertiary/aromatic N) is 4. The van der Waals surface area contributed by atoms with Crippen LogP contribution in [0.25, 0.3) is 0 Å². The van der Waals surface area contributed by atoms with Crippen LogP contribution in [0.1, 0.15) is 16.8 Å². The number of anilines is 1. The fourth-order valence-electron chi connectivity index (χ4n) is 1.89. The van der Waals surface area contributed by atoms with Gasteiger partial charge in [-0.15, -0.1) is 5.10 Å². The van der Waals surface area contributed by atoms with Gasteiger partial charge in [-0.1, -0.05) is 0 Å². The lowest BCUT2D eigenvalue weighted by atomic mass is 10.1. The number of rotatable bonds is 1. The molecular weight excluding hydrogens is 220 g/mol. The molecule has 2 heterocycles. The minimum absolute atomic E-state index is 0.271. The van der Waals surface area contributed by atoms with Crippen LogP contribution in [0.4, 0.5) is 5.82 Å². The minimum Gasteiger partial charge on any atom is -0.389 e. The molecule has 0 aromatic carbocycles. The molecule has 17 heavy (non-hydrogen) atoms. The van der Waals surface area contributed by atoms with E-state index in [2.05, 4.69) is 16.3 Å². The van der Waals surface area contributed by atoms with Crippen molar-refractivity contribution >= 4 is 5.82 Å². The van der Waals surface area contributed by atoms with E-state index in [-0.39, 0.29) is 13.1 Å². The zero-order valence-corrected chi connectivity index (χ0v) is 9.75. The second-order valence-corrected chi connectivity index (χ2v) is 4.26. The summed E-state index contributed by atoms with van der Waals surface area (Å²) in [6.07, 6.45) is -1.60. The van der Waals surface area contributed by atoms with Gasteiger partial charge in [0.05, 0.1) is 17.9 Å². The molecule has 90 valence electrons. The summed E-state index contributed by atoms with van der Waals surface area (Å²) in [4.78, 5) is 1.69. The van der Waals surface area contributed by atoms with E-state index in [1.165, 1.54) is 0 Å². The second kappa shape index (κ2) is 4.28. The Labute approximate surface area is 99.1 Å². The van der Waals surface area contributed by atoms with Crippen molar-refractivity contribution in [3.8, 4) is 6.07 Å². The highest BCUT2D eigenvalue weighted by Crippen LogP contribution is 2.24. The Morgan fingerprint density at radius 2 is 1.82 bits per heavy atom. The van der Waals surface area contributed by atoms with Crippen molar-refractivity contribution in [2.75, 3.05) is 18.0 Å². The molecule has 2 rings (SSSR count). The fourth-order valence-corrected chi connectivity index (χ4v) is 1.89. The highest BCUT2D eigenvalue weighted by atomic mass is 16.3. The van der Waals surface area contributed by atoms with Crippen LogP contribution >= 0.6 is 0 Å². The van der Waals surface area contributed by atoms with E-state index in [1.54, 1.807) is 11.8 Å². The molecule has 1 fully saturated rings. The van der Waals surface area contributed by atoms with Crippen molar-refractivity contribution in [2.45, 2.75) is 26.1 Å². The highest BCUT2D eigenvalue weighted by molar-refractivity contribution is 5.58. The summed E-state index contributed by atoms with van der Waals surface area (Å²) >= 11 is 0. The van der Waals surface area contributed by atoms with Gasteiger partial charge in [-0.3, -0.25) is 0 Å². The largest absolute Gasteiger partial charge is 0.389 e. The van der Waals surface area contributed by atoms with Crippen molar-refractivity contribution in [1.29, 1.82) is 5.26 Å². The Bertz CT molecular complexity index is 473. The van der Waals surface area contributed by atoms with Gasteiger partial charge < -0.3 is 15.1 Å². The molecule has 0 spiro atoms. The molecule has 2 N–H and O–H groups in total. The number of aliphatic hydroxyl groups excluding tert-OH is 2. The lowest BCUT2D eigenvalue weighted by Gasteiger charge is -2.18. The number of hydrogen-bond donors (Lipinski definition) is 2. The monoisotopic (exact) mass is 234 g/mol. The van der Waals surface area contributed by atoms with Crippen LogP contribution < -0.4 is 4.90 Å². The zero-order chi connectivity index (χ0) is 12.6. The van der Waals surface area contributed by atoms with Crippen LogP contribution in [-0.2, 0) is 0 Å². The predicted octanol–water partition coefficient (Wildman–Crippen LogP) is -0.493. The molecule has 2 unspecified atom stereocenters. The molecule has 1 aliphatic rings. The number of nitriles is 1. The predicted molar refractivity (Wildman–Crippen MR) is 60.4 cm³/mol. The SMILES string of the molecule is Cc1nnc(N2CC(O)C(O)C2)c(C#N)c1C. The Kier molecular flexibility index (Phi) is 2.96. The quantitative estimate of drug-likeness (QED) is 0.681. The number of hydrogen-bond acceptors (Lipinski definition) is 6. The molecule has 1 aromatic heterocycles. The summed E-state index contributed by atoms with van der Waals surface area (Å²) in [6, 6.07) is 2.10. The molecule has 0 radical (unpaired) electrons. The molecule has 2 atom stereocenters. The van der Waals surface area contributed by atoms with Gasteiger partial charge in [0.2, 0.25) is 0 Å². The Morgan fingerprint density at radius 3 is 2.35 bits per heavy atom. The molecule has 0 saturated carbocycles. The molecule has 1 saturated heterocycles. The Balaban J connectivity index is 2.41. The topological polar surface area (TPSA) is 93.3 Å². The van der Waals surface area contributed by atoms with Crippen LogP contribution in [0.15, 0.2) is 0 Å². The van der Waals surface area contributed by atoms with Crippen LogP contribution in [-0.4, -0.2) is 45.7 Å². The molecule has 1 aromatic rings. The molecule has 0 bridgehead atoms. The van der Waals surface area contributed by atoms with Gasteiger partial charge in [0.1, 0.15) is 11.6 Å². The number of aryl methyl sites for hydroxylation is 1. The van der Waals surface area contributed by atoms with Crippen LogP contribution in [0.5, 0.6) is 0 Å². The maximum Gasteiger partial charge on any atom is 0.169 e. The van der Waals surface area contributed by atoms with Crippen molar-refractivity contribution in [3.63, 3.8) is 0 Å². The maximum atomic E-state index is 9.49. The third-order valence-corrected chi connectivity index (χ3v) is 3.11.